The summed E-state index contributed by atoms with van der Waals surface area (Å²) in [5.74, 6) is -1.71. The van der Waals surface area contributed by atoms with Crippen molar-refractivity contribution in [2.45, 2.75) is 25.7 Å². The third kappa shape index (κ3) is 5.04. The Morgan fingerprint density at radius 2 is 1.88 bits per heavy atom. The van der Waals surface area contributed by atoms with E-state index in [1.807, 2.05) is 0 Å². The van der Waals surface area contributed by atoms with Crippen molar-refractivity contribution >= 4 is 12.0 Å². The maximum absolute atomic E-state index is 12.3. The van der Waals surface area contributed by atoms with Gasteiger partial charge in [0.05, 0.1) is 5.92 Å². The molecule has 0 bridgehead atoms. The standard InChI is InChI=1S/C15H17F3N2O4/c16-15(17,18)24-12-4-2-1-3-11(12)9-19-14(23)20-7-5-10(6-8-20)13(21)22/h1-4,10H,5-9H2,(H,19,23)(H,21,22). The molecule has 1 heterocycles. The molecule has 1 aromatic rings. The van der Waals surface area contributed by atoms with Crippen molar-refractivity contribution in [1.29, 1.82) is 0 Å². The number of piperidine rings is 1. The van der Waals surface area contributed by atoms with Crippen LogP contribution in [-0.4, -0.2) is 41.5 Å². The topological polar surface area (TPSA) is 78.9 Å². The van der Waals surface area contributed by atoms with Crippen molar-refractivity contribution in [3.05, 3.63) is 29.8 Å². The van der Waals surface area contributed by atoms with Crippen LogP contribution in [0.2, 0.25) is 0 Å². The Morgan fingerprint density at radius 3 is 2.46 bits per heavy atom. The number of nitrogens with zero attached hydrogens (tertiary/aromatic N) is 1. The van der Waals surface area contributed by atoms with Gasteiger partial charge in [-0.2, -0.15) is 0 Å². The third-order valence-corrected chi connectivity index (χ3v) is 3.76. The van der Waals surface area contributed by atoms with Gasteiger partial charge in [-0.25, -0.2) is 4.79 Å². The number of carbonyl (C=O) groups excluding carboxylic acids is 1. The summed E-state index contributed by atoms with van der Waals surface area (Å²) in [6.07, 6.45) is -4.09. The number of para-hydroxylation sites is 1. The summed E-state index contributed by atoms with van der Waals surface area (Å²) in [5.41, 5.74) is 0.198. The molecule has 0 aromatic heterocycles. The van der Waals surface area contributed by atoms with Crippen molar-refractivity contribution in [3.63, 3.8) is 0 Å². The summed E-state index contributed by atoms with van der Waals surface area (Å²) in [6, 6.07) is 5.11. The number of alkyl halides is 3. The van der Waals surface area contributed by atoms with E-state index in [0.29, 0.717) is 25.9 Å². The molecule has 2 rings (SSSR count). The average Bonchev–Trinajstić information content (AvgIpc) is 2.52. The lowest BCUT2D eigenvalue weighted by Crippen LogP contribution is -2.45. The number of carboxylic acid groups (broad SMARTS) is 1. The first-order valence-corrected chi connectivity index (χ1v) is 7.35. The summed E-state index contributed by atoms with van der Waals surface area (Å²) in [7, 11) is 0. The van der Waals surface area contributed by atoms with Crippen molar-refractivity contribution in [2.24, 2.45) is 5.92 Å². The Balaban J connectivity index is 1.90. The van der Waals surface area contributed by atoms with Gasteiger partial charge in [0.1, 0.15) is 5.75 Å². The van der Waals surface area contributed by atoms with E-state index in [0.717, 1.165) is 0 Å². The largest absolute Gasteiger partial charge is 0.573 e. The molecule has 2 N–H and O–H groups in total. The number of amides is 2. The molecule has 6 nitrogen and oxygen atoms in total. The number of carbonyl (C=O) groups is 2. The van der Waals surface area contributed by atoms with Gasteiger partial charge in [-0.15, -0.1) is 13.2 Å². The number of hydrogen-bond donors (Lipinski definition) is 2. The SMILES string of the molecule is O=C(O)C1CCN(C(=O)NCc2ccccc2OC(F)(F)F)CC1. The van der Waals surface area contributed by atoms with Crippen LogP contribution in [0.25, 0.3) is 0 Å². The monoisotopic (exact) mass is 346 g/mol. The van der Waals surface area contributed by atoms with E-state index in [1.165, 1.54) is 23.1 Å². The fraction of sp³-hybridized carbons (Fsp3) is 0.467. The van der Waals surface area contributed by atoms with Crippen LogP contribution in [0.5, 0.6) is 5.75 Å². The van der Waals surface area contributed by atoms with E-state index in [1.54, 1.807) is 6.07 Å². The highest BCUT2D eigenvalue weighted by atomic mass is 19.4. The van der Waals surface area contributed by atoms with Crippen LogP contribution in [0.3, 0.4) is 0 Å². The molecule has 0 radical (unpaired) electrons. The molecule has 1 fully saturated rings. The van der Waals surface area contributed by atoms with Crippen LogP contribution < -0.4 is 10.1 Å². The molecule has 0 saturated carbocycles. The molecule has 2 amide bonds. The number of urea groups is 1. The minimum atomic E-state index is -4.81. The molecule has 0 unspecified atom stereocenters. The van der Waals surface area contributed by atoms with E-state index >= 15 is 0 Å². The van der Waals surface area contributed by atoms with Crippen molar-refractivity contribution in [2.75, 3.05) is 13.1 Å². The average molecular weight is 346 g/mol. The molecule has 9 heteroatoms. The lowest BCUT2D eigenvalue weighted by molar-refractivity contribution is -0.274. The highest BCUT2D eigenvalue weighted by Crippen LogP contribution is 2.26. The van der Waals surface area contributed by atoms with E-state index in [2.05, 4.69) is 10.1 Å². The molecule has 1 saturated heterocycles. The van der Waals surface area contributed by atoms with Crippen LogP contribution in [0.4, 0.5) is 18.0 Å². The van der Waals surface area contributed by atoms with Gasteiger partial charge in [0.2, 0.25) is 0 Å². The van der Waals surface area contributed by atoms with E-state index < -0.39 is 24.3 Å². The Morgan fingerprint density at radius 1 is 1.25 bits per heavy atom. The molecular formula is C15H17F3N2O4. The number of likely N-dealkylation sites (tertiary alicyclic amines) is 1. The molecule has 0 atom stereocenters. The molecule has 24 heavy (non-hydrogen) atoms. The van der Waals surface area contributed by atoms with Crippen molar-refractivity contribution in [3.8, 4) is 5.75 Å². The first kappa shape index (κ1) is 17.9. The van der Waals surface area contributed by atoms with Gasteiger partial charge in [-0.05, 0) is 18.9 Å². The normalized spacial score (nSPS) is 15.9. The van der Waals surface area contributed by atoms with E-state index in [-0.39, 0.29) is 17.9 Å². The smallest absolute Gasteiger partial charge is 0.481 e. The zero-order chi connectivity index (χ0) is 17.7. The lowest BCUT2D eigenvalue weighted by atomic mass is 9.97. The number of ether oxygens (including phenoxy) is 1. The number of hydrogen-bond acceptors (Lipinski definition) is 3. The minimum absolute atomic E-state index is 0.121. The maximum Gasteiger partial charge on any atom is 0.573 e. The highest BCUT2D eigenvalue weighted by molar-refractivity contribution is 5.75. The molecule has 1 aliphatic rings. The van der Waals surface area contributed by atoms with Crippen LogP contribution in [0.1, 0.15) is 18.4 Å². The first-order valence-electron chi connectivity index (χ1n) is 7.35. The summed E-state index contributed by atoms with van der Waals surface area (Å²) in [6.45, 7) is 0.469. The fourth-order valence-electron chi connectivity index (χ4n) is 2.49. The van der Waals surface area contributed by atoms with Crippen molar-refractivity contribution in [1.82, 2.24) is 10.2 Å². The summed E-state index contributed by atoms with van der Waals surface area (Å²) in [5, 5.41) is 11.4. The summed E-state index contributed by atoms with van der Waals surface area (Å²) < 4.78 is 41.0. The van der Waals surface area contributed by atoms with Crippen molar-refractivity contribution < 1.29 is 32.6 Å². The molecule has 0 spiro atoms. The number of aliphatic carboxylic acids is 1. The van der Waals surface area contributed by atoms with Crippen LogP contribution in [0, 0.1) is 5.92 Å². The quantitative estimate of drug-likeness (QED) is 0.878. The van der Waals surface area contributed by atoms with Gasteiger partial charge in [-0.3, -0.25) is 4.79 Å². The Bertz CT molecular complexity index is 599. The zero-order valence-corrected chi connectivity index (χ0v) is 12.7. The maximum atomic E-state index is 12.3. The van der Waals surface area contributed by atoms with E-state index in [4.69, 9.17) is 5.11 Å². The number of benzene rings is 1. The molecule has 0 aliphatic carbocycles. The number of nitrogens with one attached hydrogen (secondary N) is 1. The summed E-state index contributed by atoms with van der Waals surface area (Å²) in [4.78, 5) is 24.4. The number of rotatable bonds is 4. The summed E-state index contributed by atoms with van der Waals surface area (Å²) >= 11 is 0. The predicted octanol–water partition coefficient (Wildman–Crippen LogP) is 2.59. The molecule has 132 valence electrons. The second-order valence-corrected chi connectivity index (χ2v) is 5.41. The Kier molecular flexibility index (Phi) is 5.53. The second-order valence-electron chi connectivity index (χ2n) is 5.41. The van der Waals surface area contributed by atoms with Gasteiger partial charge in [0.15, 0.2) is 0 Å². The molecule has 1 aromatic carbocycles. The minimum Gasteiger partial charge on any atom is -0.481 e. The highest BCUT2D eigenvalue weighted by Gasteiger charge is 2.32. The van der Waals surface area contributed by atoms with Gasteiger partial charge in [0.25, 0.3) is 0 Å². The zero-order valence-electron chi connectivity index (χ0n) is 12.7. The number of carboxylic acids is 1. The van der Waals surface area contributed by atoms with Gasteiger partial charge in [-0.1, -0.05) is 18.2 Å². The molecule has 1 aliphatic heterocycles. The van der Waals surface area contributed by atoms with Crippen LogP contribution >= 0.6 is 0 Å². The van der Waals surface area contributed by atoms with Gasteiger partial charge >= 0.3 is 18.4 Å². The van der Waals surface area contributed by atoms with Crippen LogP contribution in [0.15, 0.2) is 24.3 Å². The second kappa shape index (κ2) is 7.41. The predicted molar refractivity (Wildman–Crippen MR) is 77.3 cm³/mol. The third-order valence-electron chi connectivity index (χ3n) is 3.76. The Labute approximate surface area is 136 Å². The number of halogens is 3. The molecular weight excluding hydrogens is 329 g/mol. The first-order chi connectivity index (χ1) is 11.3. The van der Waals surface area contributed by atoms with Gasteiger partial charge in [0, 0.05) is 25.2 Å². The Hall–Kier alpha value is -2.45. The fourth-order valence-corrected chi connectivity index (χ4v) is 2.49. The van der Waals surface area contributed by atoms with Crippen LogP contribution in [-0.2, 0) is 11.3 Å². The van der Waals surface area contributed by atoms with E-state index in [9.17, 15) is 22.8 Å². The van der Waals surface area contributed by atoms with Gasteiger partial charge < -0.3 is 20.1 Å². The lowest BCUT2D eigenvalue weighted by Gasteiger charge is -2.30.